The van der Waals surface area contributed by atoms with E-state index in [4.69, 9.17) is 4.74 Å². The first kappa shape index (κ1) is 26.1. The number of aromatic nitrogens is 5. The molecule has 1 amide bonds. The van der Waals surface area contributed by atoms with E-state index in [0.29, 0.717) is 48.5 Å². The number of aliphatic hydroxyl groups is 3. The van der Waals surface area contributed by atoms with Gasteiger partial charge >= 0.3 is 5.69 Å². The van der Waals surface area contributed by atoms with Crippen molar-refractivity contribution in [3.05, 3.63) is 65.0 Å². The third-order valence-corrected chi connectivity index (χ3v) is 7.53. The molecule has 0 unspecified atom stereocenters. The van der Waals surface area contributed by atoms with E-state index < -0.39 is 48.8 Å². The Bertz CT molecular complexity index is 1580. The second-order valence-corrected chi connectivity index (χ2v) is 9.96. The first-order valence-corrected chi connectivity index (χ1v) is 12.9. The molecule has 2 saturated heterocycles. The standard InChI is InChI=1S/C26H28FN7O6/c27-15-3-1-2-14(10-15)19-12-34(31-30-19)21-22(36)20(13-35)40-24(23(21)37)25(38)33-8-6-32(7-9-33)16-4-5-17-18(11-16)29-26(39)28-17/h1-5,10-12,20-24,35-37H,6-9,13H2,(H2,28,29,39)/t20-,21+,22+,23-,24-/m1/s1. The minimum Gasteiger partial charge on any atom is -0.394 e. The second kappa shape index (κ2) is 10.5. The number of aromatic amines is 2. The molecule has 0 aliphatic carbocycles. The quantitative estimate of drug-likeness (QED) is 0.221. The van der Waals surface area contributed by atoms with Gasteiger partial charge in [0.25, 0.3) is 5.91 Å². The average Bonchev–Trinajstić information content (AvgIpc) is 3.59. The fourth-order valence-corrected chi connectivity index (χ4v) is 5.40. The van der Waals surface area contributed by atoms with E-state index in [0.717, 1.165) is 5.69 Å². The Labute approximate surface area is 226 Å². The van der Waals surface area contributed by atoms with Crippen LogP contribution in [-0.2, 0) is 9.53 Å². The largest absolute Gasteiger partial charge is 0.394 e. The van der Waals surface area contributed by atoms with E-state index in [2.05, 4.69) is 25.2 Å². The molecule has 0 saturated carbocycles. The molecular weight excluding hydrogens is 525 g/mol. The minimum absolute atomic E-state index is 0.283. The van der Waals surface area contributed by atoms with Crippen LogP contribution in [0.4, 0.5) is 10.1 Å². The number of H-pyrrole nitrogens is 2. The zero-order valence-corrected chi connectivity index (χ0v) is 21.2. The summed E-state index contributed by atoms with van der Waals surface area (Å²) in [5.74, 6) is -0.928. The molecule has 2 aromatic heterocycles. The van der Waals surface area contributed by atoms with Crippen molar-refractivity contribution >= 4 is 22.6 Å². The predicted octanol–water partition coefficient (Wildman–Crippen LogP) is -0.375. The molecule has 210 valence electrons. The molecule has 2 aliphatic heterocycles. The molecular formula is C26H28FN7O6. The van der Waals surface area contributed by atoms with Gasteiger partial charge in [-0.25, -0.2) is 13.9 Å². The number of carbonyl (C=O) groups is 1. The van der Waals surface area contributed by atoms with Crippen LogP contribution in [0.25, 0.3) is 22.3 Å². The Morgan fingerprint density at radius 3 is 2.58 bits per heavy atom. The van der Waals surface area contributed by atoms with Gasteiger partial charge in [0, 0.05) is 37.4 Å². The third-order valence-electron chi connectivity index (χ3n) is 7.53. The van der Waals surface area contributed by atoms with Crippen LogP contribution in [0.15, 0.2) is 53.5 Å². The van der Waals surface area contributed by atoms with Crippen LogP contribution in [0.3, 0.4) is 0 Å². The fourth-order valence-electron chi connectivity index (χ4n) is 5.40. The number of nitrogens with zero attached hydrogens (tertiary/aromatic N) is 5. The van der Waals surface area contributed by atoms with Crippen molar-refractivity contribution in [3.8, 4) is 11.3 Å². The summed E-state index contributed by atoms with van der Waals surface area (Å²) in [4.78, 5) is 34.2. The molecule has 5 N–H and O–H groups in total. The molecule has 0 radical (unpaired) electrons. The summed E-state index contributed by atoms with van der Waals surface area (Å²) < 4.78 is 20.6. The third kappa shape index (κ3) is 4.75. The van der Waals surface area contributed by atoms with Crippen LogP contribution in [-0.4, -0.2) is 108 Å². The lowest BCUT2D eigenvalue weighted by atomic mass is 9.91. The van der Waals surface area contributed by atoms with Gasteiger partial charge in [-0.1, -0.05) is 17.3 Å². The Morgan fingerprint density at radius 2 is 1.82 bits per heavy atom. The van der Waals surface area contributed by atoms with E-state index in [1.807, 2.05) is 18.2 Å². The zero-order valence-electron chi connectivity index (χ0n) is 21.2. The molecule has 0 spiro atoms. The van der Waals surface area contributed by atoms with Gasteiger partial charge in [-0.15, -0.1) is 5.10 Å². The van der Waals surface area contributed by atoms with Gasteiger partial charge in [-0.3, -0.25) is 4.79 Å². The average molecular weight is 554 g/mol. The number of hydrogen-bond acceptors (Lipinski definition) is 9. The van der Waals surface area contributed by atoms with Crippen LogP contribution in [0.5, 0.6) is 0 Å². The summed E-state index contributed by atoms with van der Waals surface area (Å²) in [5.41, 5.74) is 2.77. The maximum Gasteiger partial charge on any atom is 0.323 e. The maximum atomic E-state index is 13.7. The van der Waals surface area contributed by atoms with Gasteiger partial charge in [0.05, 0.1) is 23.8 Å². The number of carbonyl (C=O) groups excluding carboxylic acids is 1. The molecule has 0 bridgehead atoms. The lowest BCUT2D eigenvalue weighted by Gasteiger charge is -2.44. The Kier molecular flexibility index (Phi) is 6.83. The van der Waals surface area contributed by atoms with Crippen LogP contribution in [0, 0.1) is 5.82 Å². The van der Waals surface area contributed by atoms with Crippen molar-refractivity contribution in [1.29, 1.82) is 0 Å². The summed E-state index contributed by atoms with van der Waals surface area (Å²) in [6.45, 7) is 1.11. The van der Waals surface area contributed by atoms with E-state index >= 15 is 0 Å². The van der Waals surface area contributed by atoms with E-state index in [1.54, 1.807) is 11.0 Å². The lowest BCUT2D eigenvalue weighted by Crippen LogP contribution is -2.62. The molecule has 2 fully saturated rings. The molecule has 2 aliphatic rings. The number of halogens is 1. The number of aliphatic hydroxyl groups excluding tert-OH is 3. The molecule has 13 nitrogen and oxygen atoms in total. The zero-order chi connectivity index (χ0) is 28.0. The van der Waals surface area contributed by atoms with Crippen LogP contribution in [0.2, 0.25) is 0 Å². The molecule has 6 rings (SSSR count). The summed E-state index contributed by atoms with van der Waals surface area (Å²) in [6, 6.07) is 10.2. The van der Waals surface area contributed by atoms with Crippen molar-refractivity contribution in [3.63, 3.8) is 0 Å². The van der Waals surface area contributed by atoms with Gasteiger partial charge in [0.1, 0.15) is 35.9 Å². The highest BCUT2D eigenvalue weighted by Crippen LogP contribution is 2.32. The molecule has 2 aromatic carbocycles. The first-order chi connectivity index (χ1) is 19.3. The molecule has 40 heavy (non-hydrogen) atoms. The molecule has 5 atom stereocenters. The van der Waals surface area contributed by atoms with Gasteiger partial charge in [-0.2, -0.15) is 0 Å². The molecule has 4 aromatic rings. The van der Waals surface area contributed by atoms with Crippen molar-refractivity contribution in [2.75, 3.05) is 37.7 Å². The van der Waals surface area contributed by atoms with Crippen molar-refractivity contribution in [1.82, 2.24) is 29.9 Å². The van der Waals surface area contributed by atoms with Gasteiger partial charge < -0.3 is 39.8 Å². The van der Waals surface area contributed by atoms with Crippen molar-refractivity contribution in [2.45, 2.75) is 30.5 Å². The lowest BCUT2D eigenvalue weighted by molar-refractivity contribution is -0.211. The Hall–Kier alpha value is -4.11. The number of piperazine rings is 1. The predicted molar refractivity (Wildman–Crippen MR) is 140 cm³/mol. The molecule has 4 heterocycles. The van der Waals surface area contributed by atoms with Crippen molar-refractivity contribution in [2.24, 2.45) is 0 Å². The highest BCUT2D eigenvalue weighted by Gasteiger charge is 2.49. The maximum absolute atomic E-state index is 13.7. The van der Waals surface area contributed by atoms with Crippen LogP contribution >= 0.6 is 0 Å². The van der Waals surface area contributed by atoms with Gasteiger partial charge in [0.15, 0.2) is 6.10 Å². The second-order valence-electron chi connectivity index (χ2n) is 9.96. The van der Waals surface area contributed by atoms with E-state index in [9.17, 15) is 29.3 Å². The highest BCUT2D eigenvalue weighted by atomic mass is 19.1. The van der Waals surface area contributed by atoms with Gasteiger partial charge in [-0.05, 0) is 30.3 Å². The number of imidazole rings is 1. The SMILES string of the molecule is O=C([C@@H]1O[C@H](CO)[C@H](O)[C@H](n2cc(-c3cccc(F)c3)nn2)[C@H]1O)N1CCN(c2ccc3[nH]c(=O)[nH]c3c2)CC1. The number of hydrogen-bond donors (Lipinski definition) is 5. The normalized spacial score (nSPS) is 25.4. The number of benzene rings is 2. The van der Waals surface area contributed by atoms with E-state index in [-0.39, 0.29) is 5.69 Å². The minimum atomic E-state index is -1.50. The summed E-state index contributed by atoms with van der Waals surface area (Å²) in [5, 5.41) is 40.0. The van der Waals surface area contributed by atoms with Crippen molar-refractivity contribution < 1.29 is 29.2 Å². The fraction of sp³-hybridized carbons (Fsp3) is 0.385. The number of anilines is 1. The topological polar surface area (TPSA) is 173 Å². The van der Waals surface area contributed by atoms with Crippen LogP contribution in [0.1, 0.15) is 6.04 Å². The smallest absolute Gasteiger partial charge is 0.323 e. The highest BCUT2D eigenvalue weighted by molar-refractivity contribution is 5.82. The summed E-state index contributed by atoms with van der Waals surface area (Å²) >= 11 is 0. The number of ether oxygens (including phenoxy) is 1. The number of amides is 1. The number of fused-ring (bicyclic) bond motifs is 1. The van der Waals surface area contributed by atoms with Gasteiger partial charge in [0.2, 0.25) is 0 Å². The molecule has 14 heteroatoms. The first-order valence-electron chi connectivity index (χ1n) is 12.9. The Morgan fingerprint density at radius 1 is 1.05 bits per heavy atom. The Balaban J connectivity index is 1.17. The summed E-state index contributed by atoms with van der Waals surface area (Å²) in [6.07, 6.45) is -3.96. The van der Waals surface area contributed by atoms with E-state index in [1.165, 1.54) is 29.1 Å². The van der Waals surface area contributed by atoms with Crippen LogP contribution < -0.4 is 10.6 Å². The number of nitrogens with one attached hydrogen (secondary N) is 2. The number of rotatable bonds is 5. The summed E-state index contributed by atoms with van der Waals surface area (Å²) in [7, 11) is 0. The monoisotopic (exact) mass is 553 g/mol.